The number of carbonyl (C=O) groups excluding carboxylic acids is 1. The van der Waals surface area contributed by atoms with Gasteiger partial charge in [0.1, 0.15) is 5.54 Å². The van der Waals surface area contributed by atoms with Crippen LogP contribution in [-0.2, 0) is 10.3 Å². The highest BCUT2D eigenvalue weighted by molar-refractivity contribution is 6.09. The Hall–Kier alpha value is -1.84. The maximum absolute atomic E-state index is 12.4. The molecule has 0 spiro atoms. The minimum atomic E-state index is -0.677. The van der Waals surface area contributed by atoms with Crippen molar-refractivity contribution in [3.8, 4) is 0 Å². The average molecular weight is 259 g/mol. The molecule has 1 aromatic carbocycles. The first-order valence-electron chi connectivity index (χ1n) is 6.81. The van der Waals surface area contributed by atoms with Crippen LogP contribution in [0.1, 0.15) is 39.2 Å². The van der Waals surface area contributed by atoms with E-state index in [9.17, 15) is 4.79 Å². The van der Waals surface area contributed by atoms with Gasteiger partial charge in [-0.2, -0.15) is 0 Å². The molecule has 1 aliphatic heterocycles. The van der Waals surface area contributed by atoms with Crippen LogP contribution < -0.4 is 10.6 Å². The van der Waals surface area contributed by atoms with Gasteiger partial charge in [-0.05, 0) is 25.8 Å². The number of benzene rings is 1. The molecule has 1 atom stereocenters. The smallest absolute Gasteiger partial charge is 0.257 e. The second-order valence-electron chi connectivity index (χ2n) is 5.17. The summed E-state index contributed by atoms with van der Waals surface area (Å²) in [6.45, 7) is 6.06. The molecule has 0 radical (unpaired) electrons. The van der Waals surface area contributed by atoms with E-state index >= 15 is 0 Å². The van der Waals surface area contributed by atoms with Crippen molar-refractivity contribution < 1.29 is 4.79 Å². The van der Waals surface area contributed by atoms with Crippen molar-refractivity contribution in [2.75, 3.05) is 0 Å². The molecule has 1 unspecified atom stereocenters. The SMILES string of the molecule is CCCC1(c2ccccc2)NC(=NC(C)C)NC1=O. The van der Waals surface area contributed by atoms with Gasteiger partial charge in [0.05, 0.1) is 0 Å². The third kappa shape index (κ3) is 2.62. The summed E-state index contributed by atoms with van der Waals surface area (Å²) in [7, 11) is 0. The van der Waals surface area contributed by atoms with Crippen molar-refractivity contribution in [1.82, 2.24) is 10.6 Å². The fraction of sp³-hybridized carbons (Fsp3) is 0.467. The molecule has 2 rings (SSSR count). The van der Waals surface area contributed by atoms with E-state index < -0.39 is 5.54 Å². The first-order valence-corrected chi connectivity index (χ1v) is 6.81. The fourth-order valence-corrected chi connectivity index (χ4v) is 2.45. The molecule has 0 aliphatic carbocycles. The highest BCUT2D eigenvalue weighted by Gasteiger charge is 2.45. The van der Waals surface area contributed by atoms with Crippen LogP contribution in [0.4, 0.5) is 0 Å². The quantitative estimate of drug-likeness (QED) is 0.870. The van der Waals surface area contributed by atoms with Gasteiger partial charge in [0, 0.05) is 6.04 Å². The van der Waals surface area contributed by atoms with Crippen molar-refractivity contribution >= 4 is 11.9 Å². The summed E-state index contributed by atoms with van der Waals surface area (Å²) in [5, 5.41) is 6.15. The van der Waals surface area contributed by atoms with Crippen LogP contribution in [0.5, 0.6) is 0 Å². The maximum Gasteiger partial charge on any atom is 0.257 e. The number of amides is 1. The Morgan fingerprint density at radius 2 is 1.95 bits per heavy atom. The van der Waals surface area contributed by atoms with Crippen molar-refractivity contribution in [2.24, 2.45) is 4.99 Å². The Bertz CT molecular complexity index is 481. The number of rotatable bonds is 4. The maximum atomic E-state index is 12.4. The second-order valence-corrected chi connectivity index (χ2v) is 5.17. The molecule has 1 saturated heterocycles. The second kappa shape index (κ2) is 5.43. The summed E-state index contributed by atoms with van der Waals surface area (Å²) in [4.78, 5) is 16.8. The number of aliphatic imine (C=N–C) groups is 1. The van der Waals surface area contributed by atoms with Gasteiger partial charge in [-0.3, -0.25) is 15.1 Å². The van der Waals surface area contributed by atoms with Gasteiger partial charge >= 0.3 is 0 Å². The summed E-state index contributed by atoms with van der Waals surface area (Å²) < 4.78 is 0. The van der Waals surface area contributed by atoms with E-state index in [2.05, 4.69) is 22.5 Å². The molecule has 1 amide bonds. The topological polar surface area (TPSA) is 53.5 Å². The first-order chi connectivity index (χ1) is 9.08. The molecule has 2 N–H and O–H groups in total. The van der Waals surface area contributed by atoms with Gasteiger partial charge < -0.3 is 5.32 Å². The van der Waals surface area contributed by atoms with Gasteiger partial charge in [0.25, 0.3) is 5.91 Å². The van der Waals surface area contributed by atoms with Gasteiger partial charge in [0.2, 0.25) is 0 Å². The van der Waals surface area contributed by atoms with Gasteiger partial charge in [0.15, 0.2) is 5.96 Å². The van der Waals surface area contributed by atoms with Crippen LogP contribution in [-0.4, -0.2) is 17.9 Å². The van der Waals surface area contributed by atoms with Crippen LogP contribution in [0.15, 0.2) is 35.3 Å². The van der Waals surface area contributed by atoms with Gasteiger partial charge in [-0.15, -0.1) is 0 Å². The lowest BCUT2D eigenvalue weighted by atomic mass is 9.86. The molecule has 0 saturated carbocycles. The number of hydrogen-bond donors (Lipinski definition) is 2. The number of carbonyl (C=O) groups is 1. The Labute approximate surface area is 114 Å². The highest BCUT2D eigenvalue weighted by atomic mass is 16.2. The van der Waals surface area contributed by atoms with E-state index in [4.69, 9.17) is 0 Å². The molecule has 1 aliphatic rings. The standard InChI is InChI=1S/C15H21N3O/c1-4-10-15(12-8-6-5-7-9-12)13(19)17-14(18-15)16-11(2)3/h5-9,11H,4,10H2,1-3H3,(H2,16,17,18,19). The summed E-state index contributed by atoms with van der Waals surface area (Å²) in [5.41, 5.74) is 0.312. The Kier molecular flexibility index (Phi) is 3.88. The van der Waals surface area contributed by atoms with Crippen LogP contribution in [0, 0.1) is 0 Å². The summed E-state index contributed by atoms with van der Waals surface area (Å²) in [5.74, 6) is 0.567. The summed E-state index contributed by atoms with van der Waals surface area (Å²) in [6, 6.07) is 10.00. The molecule has 1 fully saturated rings. The van der Waals surface area contributed by atoms with Gasteiger partial charge in [-0.25, -0.2) is 0 Å². The molecule has 4 heteroatoms. The van der Waals surface area contributed by atoms with E-state index in [1.54, 1.807) is 0 Å². The Morgan fingerprint density at radius 1 is 1.26 bits per heavy atom. The van der Waals surface area contributed by atoms with E-state index in [0.717, 1.165) is 18.4 Å². The van der Waals surface area contributed by atoms with Crippen molar-refractivity contribution in [1.29, 1.82) is 0 Å². The molecule has 102 valence electrons. The monoisotopic (exact) mass is 259 g/mol. The molecular formula is C15H21N3O. The first kappa shape index (κ1) is 13.6. The predicted octanol–water partition coefficient (Wildman–Crippen LogP) is 2.17. The minimum absolute atomic E-state index is 0.0139. The molecule has 19 heavy (non-hydrogen) atoms. The van der Waals surface area contributed by atoms with Crippen LogP contribution in [0.2, 0.25) is 0 Å². The molecule has 1 heterocycles. The van der Waals surface area contributed by atoms with Crippen molar-refractivity contribution in [3.63, 3.8) is 0 Å². The average Bonchev–Trinajstić information content (AvgIpc) is 2.67. The summed E-state index contributed by atoms with van der Waals surface area (Å²) >= 11 is 0. The highest BCUT2D eigenvalue weighted by Crippen LogP contribution is 2.29. The van der Waals surface area contributed by atoms with E-state index in [0.29, 0.717) is 5.96 Å². The number of nitrogens with one attached hydrogen (secondary N) is 2. The van der Waals surface area contributed by atoms with Crippen LogP contribution in [0.3, 0.4) is 0 Å². The minimum Gasteiger partial charge on any atom is -0.338 e. The lowest BCUT2D eigenvalue weighted by Gasteiger charge is -2.26. The fourth-order valence-electron chi connectivity index (χ4n) is 2.45. The number of nitrogens with zero attached hydrogens (tertiary/aromatic N) is 1. The van der Waals surface area contributed by atoms with Crippen molar-refractivity contribution in [3.05, 3.63) is 35.9 Å². The molecule has 0 bridgehead atoms. The van der Waals surface area contributed by atoms with Crippen LogP contribution >= 0.6 is 0 Å². The Morgan fingerprint density at radius 3 is 2.53 bits per heavy atom. The van der Waals surface area contributed by atoms with E-state index in [-0.39, 0.29) is 11.9 Å². The lowest BCUT2D eigenvalue weighted by Crippen LogP contribution is -2.43. The molecule has 1 aromatic rings. The zero-order valence-electron chi connectivity index (χ0n) is 11.7. The third-order valence-corrected chi connectivity index (χ3v) is 3.23. The molecular weight excluding hydrogens is 238 g/mol. The third-order valence-electron chi connectivity index (χ3n) is 3.23. The zero-order valence-corrected chi connectivity index (χ0v) is 11.7. The Balaban J connectivity index is 2.39. The normalized spacial score (nSPS) is 24.6. The lowest BCUT2D eigenvalue weighted by molar-refractivity contribution is -0.124. The van der Waals surface area contributed by atoms with E-state index in [1.807, 2.05) is 44.2 Å². The van der Waals surface area contributed by atoms with E-state index in [1.165, 1.54) is 0 Å². The summed E-state index contributed by atoms with van der Waals surface area (Å²) in [6.07, 6.45) is 1.67. The number of guanidine groups is 1. The van der Waals surface area contributed by atoms with Gasteiger partial charge in [-0.1, -0.05) is 43.7 Å². The van der Waals surface area contributed by atoms with Crippen LogP contribution in [0.25, 0.3) is 0 Å². The molecule has 4 nitrogen and oxygen atoms in total. The number of hydrogen-bond acceptors (Lipinski definition) is 2. The van der Waals surface area contributed by atoms with Crippen molar-refractivity contribution in [2.45, 2.75) is 45.2 Å². The zero-order chi connectivity index (χ0) is 13.9. The predicted molar refractivity (Wildman–Crippen MR) is 76.9 cm³/mol. The largest absolute Gasteiger partial charge is 0.338 e. The molecule has 0 aromatic heterocycles.